The zero-order valence-corrected chi connectivity index (χ0v) is 8.54. The molecule has 1 N–H and O–H groups in total. The molecule has 2 heterocycles. The van der Waals surface area contributed by atoms with Crippen molar-refractivity contribution in [3.63, 3.8) is 0 Å². The van der Waals surface area contributed by atoms with Gasteiger partial charge in [0.1, 0.15) is 0 Å². The van der Waals surface area contributed by atoms with Crippen molar-refractivity contribution in [2.24, 2.45) is 0 Å². The van der Waals surface area contributed by atoms with Gasteiger partial charge in [-0.15, -0.1) is 0 Å². The van der Waals surface area contributed by atoms with E-state index in [2.05, 4.69) is 9.88 Å². The number of hydrogen-bond acceptors (Lipinski definition) is 2. The van der Waals surface area contributed by atoms with Crippen LogP contribution in [0.3, 0.4) is 0 Å². The Morgan fingerprint density at radius 1 is 1.36 bits per heavy atom. The first-order valence-corrected chi connectivity index (χ1v) is 5.44. The minimum Gasteiger partial charge on any atom is -0.479 e. The third-order valence-electron chi connectivity index (χ3n) is 2.64. The number of likely N-dealkylation sites (tertiary alicyclic amines) is 1. The van der Waals surface area contributed by atoms with Crippen molar-refractivity contribution in [1.82, 2.24) is 9.88 Å². The molecule has 0 aromatic carbocycles. The van der Waals surface area contributed by atoms with Crippen molar-refractivity contribution in [1.29, 1.82) is 0 Å². The fourth-order valence-electron chi connectivity index (χ4n) is 1.88. The molecule has 0 aliphatic carbocycles. The Morgan fingerprint density at radius 2 is 2.21 bits per heavy atom. The first-order chi connectivity index (χ1) is 6.95. The number of aromatic nitrogens is 1. The van der Waals surface area contributed by atoms with Crippen LogP contribution in [0.1, 0.15) is 19.3 Å². The molecule has 14 heavy (non-hydrogen) atoms. The van der Waals surface area contributed by atoms with Crippen LogP contribution in [-0.2, 0) is 0 Å². The Labute approximate surface area is 85.1 Å². The molecule has 1 fully saturated rings. The molecule has 0 unspecified atom stereocenters. The van der Waals surface area contributed by atoms with E-state index in [0.717, 1.165) is 18.9 Å². The average molecular weight is 194 g/mol. The van der Waals surface area contributed by atoms with Crippen LogP contribution in [-0.4, -0.2) is 36.1 Å². The van der Waals surface area contributed by atoms with E-state index in [4.69, 9.17) is 4.74 Å². The fourth-order valence-corrected chi connectivity index (χ4v) is 1.88. The van der Waals surface area contributed by atoms with E-state index in [0.29, 0.717) is 0 Å². The third kappa shape index (κ3) is 2.77. The molecule has 78 valence electrons. The molecule has 3 nitrogen and oxygen atoms in total. The molecule has 0 radical (unpaired) electrons. The van der Waals surface area contributed by atoms with Crippen LogP contribution < -0.4 is 4.74 Å². The molecule has 3 heteroatoms. The van der Waals surface area contributed by atoms with E-state index in [1.807, 2.05) is 18.3 Å². The third-order valence-corrected chi connectivity index (χ3v) is 2.64. The maximum atomic E-state index is 5.52. The molecule has 0 amide bonds. The van der Waals surface area contributed by atoms with Crippen LogP contribution >= 0.6 is 0 Å². The van der Waals surface area contributed by atoms with E-state index in [-0.39, 0.29) is 0 Å². The molecule has 0 bridgehead atoms. The van der Waals surface area contributed by atoms with Gasteiger partial charge in [-0.1, -0.05) is 0 Å². The topological polar surface area (TPSA) is 28.3 Å². The highest BCUT2D eigenvalue weighted by Crippen LogP contribution is 2.08. The van der Waals surface area contributed by atoms with Gasteiger partial charge in [-0.25, -0.2) is 0 Å². The van der Waals surface area contributed by atoms with E-state index >= 15 is 0 Å². The van der Waals surface area contributed by atoms with Gasteiger partial charge in [-0.2, -0.15) is 0 Å². The summed E-state index contributed by atoms with van der Waals surface area (Å²) in [7, 11) is 0. The zero-order valence-electron chi connectivity index (χ0n) is 8.54. The Kier molecular flexibility index (Phi) is 3.46. The summed E-state index contributed by atoms with van der Waals surface area (Å²) in [5.41, 5.74) is 0. The number of rotatable bonds is 5. The Hall–Kier alpha value is -0.960. The summed E-state index contributed by atoms with van der Waals surface area (Å²) in [6.07, 6.45) is 5.75. The lowest BCUT2D eigenvalue weighted by Gasteiger charge is -2.13. The second-order valence-corrected chi connectivity index (χ2v) is 3.79. The summed E-state index contributed by atoms with van der Waals surface area (Å²) >= 11 is 0. The predicted molar refractivity (Wildman–Crippen MR) is 56.6 cm³/mol. The number of nitrogens with one attached hydrogen (secondary N) is 1. The Morgan fingerprint density at radius 3 is 2.93 bits per heavy atom. The molecule has 1 aromatic heterocycles. The van der Waals surface area contributed by atoms with Crippen LogP contribution in [0, 0.1) is 0 Å². The number of hydrogen-bond donors (Lipinski definition) is 1. The summed E-state index contributed by atoms with van der Waals surface area (Å²) in [5.74, 6) is 0.881. The van der Waals surface area contributed by atoms with Crippen LogP contribution in [0.15, 0.2) is 18.3 Å². The van der Waals surface area contributed by atoms with Crippen LogP contribution in [0.4, 0.5) is 0 Å². The first kappa shape index (κ1) is 9.59. The molecule has 0 spiro atoms. The molecule has 0 atom stereocenters. The highest BCUT2D eigenvalue weighted by Gasteiger charge is 2.10. The molecule has 1 aromatic rings. The number of nitrogens with zero attached hydrogens (tertiary/aromatic N) is 1. The molecule has 1 aliphatic heterocycles. The van der Waals surface area contributed by atoms with Gasteiger partial charge in [0, 0.05) is 12.7 Å². The highest BCUT2D eigenvalue weighted by atomic mass is 16.5. The monoisotopic (exact) mass is 194 g/mol. The van der Waals surface area contributed by atoms with E-state index in [9.17, 15) is 0 Å². The van der Waals surface area contributed by atoms with Gasteiger partial charge in [-0.05, 0) is 44.5 Å². The quantitative estimate of drug-likeness (QED) is 0.725. The van der Waals surface area contributed by atoms with Gasteiger partial charge in [-0.3, -0.25) is 0 Å². The summed E-state index contributed by atoms with van der Waals surface area (Å²) < 4.78 is 5.52. The van der Waals surface area contributed by atoms with Crippen LogP contribution in [0.25, 0.3) is 0 Å². The summed E-state index contributed by atoms with van der Waals surface area (Å²) in [4.78, 5) is 5.54. The lowest BCUT2D eigenvalue weighted by molar-refractivity contribution is 0.258. The SMILES string of the molecule is c1c[nH]c(OCCCN2CCCC2)c1. The summed E-state index contributed by atoms with van der Waals surface area (Å²) in [5, 5.41) is 0. The van der Waals surface area contributed by atoms with Crippen molar-refractivity contribution in [2.75, 3.05) is 26.2 Å². The van der Waals surface area contributed by atoms with Gasteiger partial charge >= 0.3 is 0 Å². The second-order valence-electron chi connectivity index (χ2n) is 3.79. The highest BCUT2D eigenvalue weighted by molar-refractivity contribution is 5.09. The van der Waals surface area contributed by atoms with Crippen molar-refractivity contribution >= 4 is 0 Å². The zero-order chi connectivity index (χ0) is 9.64. The van der Waals surface area contributed by atoms with Crippen molar-refractivity contribution in [2.45, 2.75) is 19.3 Å². The molecular formula is C11H18N2O. The summed E-state index contributed by atoms with van der Waals surface area (Å²) in [6, 6.07) is 3.91. The first-order valence-electron chi connectivity index (χ1n) is 5.44. The van der Waals surface area contributed by atoms with Gasteiger partial charge < -0.3 is 14.6 Å². The fraction of sp³-hybridized carbons (Fsp3) is 0.636. The lowest BCUT2D eigenvalue weighted by Crippen LogP contribution is -2.21. The molecule has 1 aliphatic rings. The second kappa shape index (κ2) is 5.05. The Bertz CT molecular complexity index is 240. The molecule has 0 saturated carbocycles. The minimum atomic E-state index is 0.816. The molecule has 1 saturated heterocycles. The van der Waals surface area contributed by atoms with Gasteiger partial charge in [0.25, 0.3) is 0 Å². The van der Waals surface area contributed by atoms with Crippen molar-refractivity contribution < 1.29 is 4.74 Å². The maximum absolute atomic E-state index is 5.52. The number of ether oxygens (including phenoxy) is 1. The smallest absolute Gasteiger partial charge is 0.190 e. The largest absolute Gasteiger partial charge is 0.479 e. The Balaban J connectivity index is 1.55. The average Bonchev–Trinajstić information content (AvgIpc) is 2.86. The van der Waals surface area contributed by atoms with E-state index in [1.165, 1.54) is 32.5 Å². The van der Waals surface area contributed by atoms with Gasteiger partial charge in [0.15, 0.2) is 5.88 Å². The molecule has 2 rings (SSSR count). The standard InChI is InChI=1S/C11H18N2O/c1-2-8-13(7-1)9-4-10-14-11-5-3-6-12-11/h3,5-6,12H,1-2,4,7-10H2. The van der Waals surface area contributed by atoms with Gasteiger partial charge in [0.05, 0.1) is 6.61 Å². The predicted octanol–water partition coefficient (Wildman–Crippen LogP) is 1.88. The number of aromatic amines is 1. The minimum absolute atomic E-state index is 0.816. The van der Waals surface area contributed by atoms with E-state index < -0.39 is 0 Å². The van der Waals surface area contributed by atoms with Gasteiger partial charge in [0.2, 0.25) is 0 Å². The van der Waals surface area contributed by atoms with Crippen LogP contribution in [0.2, 0.25) is 0 Å². The van der Waals surface area contributed by atoms with E-state index in [1.54, 1.807) is 0 Å². The lowest BCUT2D eigenvalue weighted by atomic mass is 10.4. The number of H-pyrrole nitrogens is 1. The normalized spacial score (nSPS) is 17.4. The van der Waals surface area contributed by atoms with Crippen molar-refractivity contribution in [3.05, 3.63) is 18.3 Å². The maximum Gasteiger partial charge on any atom is 0.190 e. The van der Waals surface area contributed by atoms with Crippen LogP contribution in [0.5, 0.6) is 5.88 Å². The van der Waals surface area contributed by atoms with Crippen molar-refractivity contribution in [3.8, 4) is 5.88 Å². The summed E-state index contributed by atoms with van der Waals surface area (Å²) in [6.45, 7) is 4.56. The molecular weight excluding hydrogens is 176 g/mol.